The van der Waals surface area contributed by atoms with Crippen molar-refractivity contribution in [3.8, 4) is 11.5 Å². The number of aryl methyl sites for hydroxylation is 1. The van der Waals surface area contributed by atoms with Crippen LogP contribution in [0.5, 0.6) is 11.5 Å². The summed E-state index contributed by atoms with van der Waals surface area (Å²) in [6.45, 7) is 14.0. The van der Waals surface area contributed by atoms with Crippen molar-refractivity contribution in [3.05, 3.63) is 364 Å². The Morgan fingerprint density at radius 1 is 0.414 bits per heavy atom. The second-order valence-corrected chi connectivity index (χ2v) is 36.8. The third kappa shape index (κ3) is 32.0. The molecular weight excluding hydrogens is 1860 g/mol. The normalized spacial score (nSPS) is 17.7. The van der Waals surface area contributed by atoms with Gasteiger partial charge in [0.25, 0.3) is 0 Å². The molecule has 0 aromatic heterocycles. The molecule has 5 aliphatic rings. The molecule has 0 N–H and O–H groups in total. The molecule has 15 rings (SSSR count). The van der Waals surface area contributed by atoms with E-state index >= 15 is 0 Å². The number of halogens is 19. The molecule has 3 fully saturated rings. The molecule has 2 aliphatic carbocycles. The molecule has 1 saturated heterocycles. The Balaban J connectivity index is 0.000000191. The number of hydrogen-bond acceptors (Lipinski definition) is 4. The van der Waals surface area contributed by atoms with Crippen LogP contribution in [-0.2, 0) is 54.1 Å². The Morgan fingerprint density at radius 2 is 0.781 bits per heavy atom. The van der Waals surface area contributed by atoms with Crippen LogP contribution < -0.4 is 66.0 Å². The van der Waals surface area contributed by atoms with Gasteiger partial charge in [-0.25, -0.2) is 57.1 Å². The minimum Gasteiger partial charge on any atom is -0.850 e. The maximum atomic E-state index is 14.8. The molecule has 682 valence electrons. The molecule has 3 heterocycles. The zero-order chi connectivity index (χ0) is 92.0. The van der Waals surface area contributed by atoms with Crippen LogP contribution in [0.15, 0.2) is 207 Å². The molecule has 10 aromatic rings. The van der Waals surface area contributed by atoms with E-state index in [0.717, 1.165) is 185 Å². The first-order valence-corrected chi connectivity index (χ1v) is 46.2. The van der Waals surface area contributed by atoms with E-state index in [1.807, 2.05) is 84.9 Å². The third-order valence-corrected chi connectivity index (χ3v) is 25.3. The number of hydrogen-bond donors (Lipinski definition) is 0. The van der Waals surface area contributed by atoms with Gasteiger partial charge in [-0.2, -0.15) is 0 Å². The van der Waals surface area contributed by atoms with Crippen LogP contribution in [0.25, 0.3) is 0 Å². The van der Waals surface area contributed by atoms with Gasteiger partial charge in [0.2, 0.25) is 0 Å². The van der Waals surface area contributed by atoms with Crippen LogP contribution in [0.1, 0.15) is 210 Å². The average molecular weight is 1970 g/mol. The zero-order valence-electron chi connectivity index (χ0n) is 72.6. The van der Waals surface area contributed by atoms with Crippen molar-refractivity contribution < 1.29 is 128 Å². The molecular formula is C104H108BrCl5F13KO4. The Labute approximate surface area is 821 Å². The molecule has 0 radical (unpaired) electrons. The molecule has 128 heavy (non-hydrogen) atoms. The Hall–Kier alpha value is -6.14. The van der Waals surface area contributed by atoms with Crippen LogP contribution in [0, 0.1) is 87.5 Å². The summed E-state index contributed by atoms with van der Waals surface area (Å²) >= 11 is 32.8. The van der Waals surface area contributed by atoms with Gasteiger partial charge in [0.1, 0.15) is 29.0 Å². The fourth-order valence-electron chi connectivity index (χ4n) is 17.1. The van der Waals surface area contributed by atoms with E-state index in [9.17, 15) is 62.2 Å². The van der Waals surface area contributed by atoms with E-state index in [4.69, 9.17) is 72.2 Å². The van der Waals surface area contributed by atoms with Crippen molar-refractivity contribution in [1.29, 1.82) is 0 Å². The summed E-state index contributed by atoms with van der Waals surface area (Å²) in [4.78, 5) is 0. The molecule has 0 bridgehead atoms. The number of rotatable bonds is 27. The molecule has 3 unspecified atom stereocenters. The number of benzene rings is 10. The first-order chi connectivity index (χ1) is 60.8. The zero-order valence-corrected chi connectivity index (χ0v) is 81.1. The minimum atomic E-state index is -1.11. The second kappa shape index (κ2) is 53.1. The summed E-state index contributed by atoms with van der Waals surface area (Å²) < 4.78 is 198. The van der Waals surface area contributed by atoms with Crippen LogP contribution in [0.2, 0.25) is 25.1 Å². The summed E-state index contributed by atoms with van der Waals surface area (Å²) in [5.74, 6) is -10.6. The molecule has 2 saturated carbocycles. The van der Waals surface area contributed by atoms with Gasteiger partial charge in [-0.3, -0.25) is 0 Å². The van der Waals surface area contributed by atoms with E-state index in [1.54, 1.807) is 75.4 Å². The van der Waals surface area contributed by atoms with Crippen LogP contribution in [0.4, 0.5) is 57.1 Å². The predicted octanol–water partition coefficient (Wildman–Crippen LogP) is 28.7. The number of ether oxygens (including phenoxy) is 3. The molecule has 7 atom stereocenters. The summed E-state index contributed by atoms with van der Waals surface area (Å²) in [7, 11) is 0. The molecule has 24 heteroatoms. The molecule has 0 spiro atoms. The van der Waals surface area contributed by atoms with Gasteiger partial charge < -0.3 is 19.3 Å². The van der Waals surface area contributed by atoms with Crippen molar-refractivity contribution in [2.45, 2.75) is 216 Å². The van der Waals surface area contributed by atoms with Gasteiger partial charge in [-0.1, -0.05) is 212 Å². The first-order valence-electron chi connectivity index (χ1n) is 43.2. The Kier molecular flexibility index (Phi) is 44.5. The Bertz CT molecular complexity index is 5070. The van der Waals surface area contributed by atoms with Gasteiger partial charge >= 0.3 is 51.4 Å². The summed E-state index contributed by atoms with van der Waals surface area (Å²) in [5, 5.41) is 14.4. The first kappa shape index (κ1) is 107. The smallest absolute Gasteiger partial charge is 0.850 e. The topological polar surface area (TPSA) is 54.0 Å². The molecule has 4 nitrogen and oxygen atoms in total. The van der Waals surface area contributed by atoms with Gasteiger partial charge in [-0.05, 0) is 277 Å². The number of epoxide rings is 1. The van der Waals surface area contributed by atoms with Gasteiger partial charge in [0.05, 0.1) is 25.9 Å². The SMILES string of the molecule is C=CCCCCBr.C=CCCCCC(Cc1ccc(Cl)cc1)c1c(F)ccc(F)c1F.CC(C)(C)[O-].Fc1ccc(F)c(C(CCCCC2CO2)Cc2ccc(Cl)cc2)c1F.Fc1ccc(F)c(CCc2ccc(Cl)cc2)c1F.Fc1ccc(F)c2c1OC[C@H]1CCCC[C@@]21Cc1ccc(Cl)cc1.Fc1ccc2c(c1F)[C@]1(Cc3ccc(Cl)cc3)CCCC[C@@H]1CO2.[K+]. The van der Waals surface area contributed by atoms with Gasteiger partial charge in [0.15, 0.2) is 58.1 Å². The fourth-order valence-corrected chi connectivity index (χ4v) is 18.1. The molecule has 0 amide bonds. The monoisotopic (exact) mass is 1960 g/mol. The quantitative estimate of drug-likeness (QED) is 0.00979. The van der Waals surface area contributed by atoms with Crippen molar-refractivity contribution in [3.63, 3.8) is 0 Å². The van der Waals surface area contributed by atoms with Crippen LogP contribution in [0.3, 0.4) is 0 Å². The minimum absolute atomic E-state index is 0. The van der Waals surface area contributed by atoms with Crippen LogP contribution in [-0.4, -0.2) is 36.9 Å². The second-order valence-electron chi connectivity index (χ2n) is 33.8. The van der Waals surface area contributed by atoms with Crippen molar-refractivity contribution in [2.24, 2.45) is 11.8 Å². The van der Waals surface area contributed by atoms with Gasteiger partial charge in [-0.15, -0.1) is 18.8 Å². The summed E-state index contributed by atoms with van der Waals surface area (Å²) in [6.07, 6.45) is 25.0. The van der Waals surface area contributed by atoms with Crippen molar-refractivity contribution >= 4 is 73.9 Å². The summed E-state index contributed by atoms with van der Waals surface area (Å²) in [6, 6.07) is 47.1. The molecule has 3 aliphatic heterocycles. The van der Waals surface area contributed by atoms with E-state index in [2.05, 4.69) is 29.1 Å². The largest absolute Gasteiger partial charge is 1.00 e. The predicted molar refractivity (Wildman–Crippen MR) is 489 cm³/mol. The van der Waals surface area contributed by atoms with E-state index in [1.165, 1.54) is 18.9 Å². The van der Waals surface area contributed by atoms with Crippen molar-refractivity contribution in [1.82, 2.24) is 0 Å². The van der Waals surface area contributed by atoms with Crippen molar-refractivity contribution in [2.75, 3.05) is 25.2 Å². The number of allylic oxidation sites excluding steroid dienone is 2. The average Bonchev–Trinajstić information content (AvgIpc) is 1.16. The van der Waals surface area contributed by atoms with E-state index in [0.29, 0.717) is 106 Å². The number of alkyl halides is 1. The fraction of sp³-hybridized carbons (Fsp3) is 0.385. The standard InChI is InChI=1S/C20H20ClF3O.C20H20ClF3.2C20H19ClF2O.C14H10ClF3.C6H11Br.C4H9O.K/c21-15-7-5-13(6-8-15)11-14(3-1-2-4-16-12-25-16)19-17(22)9-10-18(23)20(19)24;1-2-3-4-5-6-15(13-14-7-9-16(21)10-8-14)19-17(22)11-12-18(23)20(19)24;21-15-6-4-13(5-7-15)11-20-10-2-1-3-14(20)12-24-17-9-8-16(22)19(23)18(17)20;21-15-6-4-13(5-7-15)11-20-10-2-1-3-14(20)12-24-19-17(23)9-8-16(22)18(19)20;15-10-4-1-9(2-5-10)3-6-11-12(16)7-8-13(17)14(11)18;1-2-3-4-5-6-7;1-4(2,3)5;/h5-10,14,16H,1-4,11-12H2;2,7-12,15H,1,3-6,13H2;2*4-9,14H,1-3,10-12H2;1-2,4-5,7-8H,3,6H2;2H,1,3-6H2;1-3H3;/q;;;;;;-1;+1/t;;2*14-,20+;;;;/m..11..../s1. The third-order valence-electron chi connectivity index (χ3n) is 23.5. The maximum absolute atomic E-state index is 14.8. The maximum Gasteiger partial charge on any atom is 1.00 e. The van der Waals surface area contributed by atoms with E-state index in [-0.39, 0.29) is 97.9 Å². The molecule has 10 aromatic carbocycles. The summed E-state index contributed by atoms with van der Waals surface area (Å²) in [5.41, 5.74) is 3.72. The van der Waals surface area contributed by atoms with Gasteiger partial charge in [0, 0.05) is 80.9 Å². The number of fused-ring (bicyclic) bond motifs is 6. The number of unbranched alkanes of at least 4 members (excludes halogenated alkanes) is 5. The van der Waals surface area contributed by atoms with Crippen LogP contribution >= 0.6 is 73.9 Å². The Morgan fingerprint density at radius 3 is 1.23 bits per heavy atom. The van der Waals surface area contributed by atoms with E-state index < -0.39 is 98.1 Å².